The van der Waals surface area contributed by atoms with Gasteiger partial charge in [0.2, 0.25) is 0 Å². The molecule has 1 saturated carbocycles. The normalized spacial score (nSPS) is 28.3. The van der Waals surface area contributed by atoms with Crippen molar-refractivity contribution in [2.45, 2.75) is 44.7 Å². The molecule has 0 bridgehead atoms. The van der Waals surface area contributed by atoms with Gasteiger partial charge in [-0.25, -0.2) is 4.39 Å². The van der Waals surface area contributed by atoms with Crippen molar-refractivity contribution in [3.8, 4) is 0 Å². The van der Waals surface area contributed by atoms with Crippen LogP contribution in [0.15, 0.2) is 18.5 Å². The topological polar surface area (TPSA) is 24.9 Å². The molecule has 1 aliphatic rings. The number of halogens is 2. The first-order valence-electron chi connectivity index (χ1n) is 6.54. The fourth-order valence-corrected chi connectivity index (χ4v) is 3.17. The molecule has 1 aromatic heterocycles. The fraction of sp³-hybridized carbons (Fsp3) is 0.643. The van der Waals surface area contributed by atoms with Crippen molar-refractivity contribution in [3.63, 3.8) is 0 Å². The molecule has 1 aliphatic carbocycles. The average Bonchev–Trinajstić information content (AvgIpc) is 2.37. The monoisotopic (exact) mass is 270 g/mol. The van der Waals surface area contributed by atoms with Gasteiger partial charge in [0.25, 0.3) is 0 Å². The Bertz CT molecular complexity index is 399. The molecule has 1 heterocycles. The molecule has 0 radical (unpaired) electrons. The van der Waals surface area contributed by atoms with Gasteiger partial charge < -0.3 is 5.32 Å². The van der Waals surface area contributed by atoms with Gasteiger partial charge in [0.15, 0.2) is 0 Å². The molecule has 2 unspecified atom stereocenters. The molecule has 100 valence electrons. The maximum atomic E-state index is 13.1. The van der Waals surface area contributed by atoms with E-state index in [0.29, 0.717) is 18.3 Å². The Morgan fingerprint density at radius 1 is 1.56 bits per heavy atom. The highest BCUT2D eigenvalue weighted by molar-refractivity contribution is 6.18. The Balaban J connectivity index is 1.98. The Morgan fingerprint density at radius 3 is 3.06 bits per heavy atom. The SMILES string of the molecule is CC1CCCC(CCl)(NCc2cncc(F)c2)C1. The van der Waals surface area contributed by atoms with Crippen LogP contribution in [0.5, 0.6) is 0 Å². The van der Waals surface area contributed by atoms with E-state index in [0.717, 1.165) is 18.4 Å². The van der Waals surface area contributed by atoms with Gasteiger partial charge in [-0.05, 0) is 30.4 Å². The number of alkyl halides is 1. The number of nitrogens with one attached hydrogen (secondary N) is 1. The van der Waals surface area contributed by atoms with Gasteiger partial charge in [-0.2, -0.15) is 0 Å². The number of nitrogens with zero attached hydrogens (tertiary/aromatic N) is 1. The van der Waals surface area contributed by atoms with Crippen LogP contribution in [0.2, 0.25) is 0 Å². The molecule has 0 aliphatic heterocycles. The number of pyridine rings is 1. The molecule has 2 atom stereocenters. The van der Waals surface area contributed by atoms with Crippen LogP contribution < -0.4 is 5.32 Å². The summed E-state index contributed by atoms with van der Waals surface area (Å²) in [7, 11) is 0. The van der Waals surface area contributed by atoms with Crippen molar-refractivity contribution in [1.29, 1.82) is 0 Å². The summed E-state index contributed by atoms with van der Waals surface area (Å²) in [6.45, 7) is 2.90. The highest BCUT2D eigenvalue weighted by atomic mass is 35.5. The zero-order valence-corrected chi connectivity index (χ0v) is 11.5. The van der Waals surface area contributed by atoms with Gasteiger partial charge in [-0.1, -0.05) is 19.8 Å². The van der Waals surface area contributed by atoms with Crippen molar-refractivity contribution in [1.82, 2.24) is 10.3 Å². The lowest BCUT2D eigenvalue weighted by Gasteiger charge is -2.39. The smallest absolute Gasteiger partial charge is 0.141 e. The van der Waals surface area contributed by atoms with E-state index in [2.05, 4.69) is 17.2 Å². The van der Waals surface area contributed by atoms with E-state index in [-0.39, 0.29) is 11.4 Å². The minimum absolute atomic E-state index is 0.00550. The van der Waals surface area contributed by atoms with Crippen LogP contribution in [0.1, 0.15) is 38.2 Å². The second kappa shape index (κ2) is 5.98. The van der Waals surface area contributed by atoms with Crippen LogP contribution in [-0.2, 0) is 6.54 Å². The maximum Gasteiger partial charge on any atom is 0.141 e. The predicted octanol–water partition coefficient (Wildman–Crippen LogP) is 3.50. The van der Waals surface area contributed by atoms with E-state index in [1.54, 1.807) is 6.20 Å². The van der Waals surface area contributed by atoms with E-state index < -0.39 is 0 Å². The second-order valence-corrected chi connectivity index (χ2v) is 5.75. The van der Waals surface area contributed by atoms with Gasteiger partial charge in [0, 0.05) is 24.2 Å². The van der Waals surface area contributed by atoms with E-state index in [1.165, 1.54) is 25.1 Å². The highest BCUT2D eigenvalue weighted by Crippen LogP contribution is 2.33. The largest absolute Gasteiger partial charge is 0.306 e. The van der Waals surface area contributed by atoms with Crippen molar-refractivity contribution >= 4 is 11.6 Å². The summed E-state index contributed by atoms with van der Waals surface area (Å²) in [5.41, 5.74) is 0.878. The molecule has 18 heavy (non-hydrogen) atoms. The lowest BCUT2D eigenvalue weighted by Crippen LogP contribution is -2.49. The van der Waals surface area contributed by atoms with Crippen LogP contribution in [-0.4, -0.2) is 16.4 Å². The first-order chi connectivity index (χ1) is 8.63. The Morgan fingerprint density at radius 2 is 2.39 bits per heavy atom. The second-order valence-electron chi connectivity index (χ2n) is 5.48. The Kier molecular flexibility index (Phi) is 4.57. The number of rotatable bonds is 4. The molecule has 2 rings (SSSR count). The van der Waals surface area contributed by atoms with Crippen LogP contribution in [0.4, 0.5) is 4.39 Å². The quantitative estimate of drug-likeness (QED) is 0.847. The summed E-state index contributed by atoms with van der Waals surface area (Å²) >= 11 is 6.15. The van der Waals surface area contributed by atoms with E-state index >= 15 is 0 Å². The van der Waals surface area contributed by atoms with Crippen LogP contribution >= 0.6 is 11.6 Å². The molecule has 1 fully saturated rings. The van der Waals surface area contributed by atoms with Crippen LogP contribution in [0, 0.1) is 11.7 Å². The third-order valence-electron chi connectivity index (χ3n) is 3.78. The summed E-state index contributed by atoms with van der Waals surface area (Å²) in [6, 6.07) is 1.52. The van der Waals surface area contributed by atoms with Crippen molar-refractivity contribution in [3.05, 3.63) is 29.8 Å². The molecular weight excluding hydrogens is 251 g/mol. The van der Waals surface area contributed by atoms with Gasteiger partial charge in [-0.15, -0.1) is 11.6 Å². The lowest BCUT2D eigenvalue weighted by molar-refractivity contribution is 0.207. The average molecular weight is 271 g/mol. The third-order valence-corrected chi connectivity index (χ3v) is 4.29. The number of hydrogen-bond donors (Lipinski definition) is 1. The fourth-order valence-electron chi connectivity index (χ4n) is 2.83. The van der Waals surface area contributed by atoms with Gasteiger partial charge in [-0.3, -0.25) is 4.98 Å². The molecule has 0 aromatic carbocycles. The van der Waals surface area contributed by atoms with Gasteiger partial charge >= 0.3 is 0 Å². The van der Waals surface area contributed by atoms with Gasteiger partial charge in [0.05, 0.1) is 6.20 Å². The summed E-state index contributed by atoms with van der Waals surface area (Å²) in [6.07, 6.45) is 7.61. The maximum absolute atomic E-state index is 13.1. The number of hydrogen-bond acceptors (Lipinski definition) is 2. The van der Waals surface area contributed by atoms with Crippen molar-refractivity contribution < 1.29 is 4.39 Å². The zero-order chi connectivity index (χ0) is 13.0. The molecule has 2 nitrogen and oxygen atoms in total. The summed E-state index contributed by atoms with van der Waals surface area (Å²) in [4.78, 5) is 3.86. The predicted molar refractivity (Wildman–Crippen MR) is 72.1 cm³/mol. The first kappa shape index (κ1) is 13.8. The lowest BCUT2D eigenvalue weighted by atomic mass is 9.77. The molecule has 0 saturated heterocycles. The summed E-state index contributed by atoms with van der Waals surface area (Å²) < 4.78 is 13.1. The van der Waals surface area contributed by atoms with Crippen molar-refractivity contribution in [2.24, 2.45) is 5.92 Å². The number of aromatic nitrogens is 1. The summed E-state index contributed by atoms with van der Waals surface area (Å²) in [5.74, 6) is 1.03. The minimum atomic E-state index is -0.286. The molecule has 0 spiro atoms. The standard InChI is InChI=1S/C14H20ClFN2/c1-11-3-2-4-14(6-11,10-15)18-8-12-5-13(16)9-17-7-12/h5,7,9,11,18H,2-4,6,8,10H2,1H3. The molecule has 4 heteroatoms. The molecule has 1 aromatic rings. The van der Waals surface area contributed by atoms with E-state index in [9.17, 15) is 4.39 Å². The molecule has 1 N–H and O–H groups in total. The van der Waals surface area contributed by atoms with E-state index in [1.807, 2.05) is 0 Å². The van der Waals surface area contributed by atoms with E-state index in [4.69, 9.17) is 11.6 Å². The van der Waals surface area contributed by atoms with Crippen molar-refractivity contribution in [2.75, 3.05) is 5.88 Å². The minimum Gasteiger partial charge on any atom is -0.306 e. The first-order valence-corrected chi connectivity index (χ1v) is 7.07. The Hall–Kier alpha value is -0.670. The third kappa shape index (κ3) is 3.42. The van der Waals surface area contributed by atoms with Crippen LogP contribution in [0.25, 0.3) is 0 Å². The highest BCUT2D eigenvalue weighted by Gasteiger charge is 2.33. The summed E-state index contributed by atoms with van der Waals surface area (Å²) in [5, 5.41) is 3.52. The molecular formula is C14H20ClFN2. The van der Waals surface area contributed by atoms with Gasteiger partial charge in [0.1, 0.15) is 5.82 Å². The zero-order valence-electron chi connectivity index (χ0n) is 10.8. The molecule has 0 amide bonds. The Labute approximate surface area is 113 Å². The van der Waals surface area contributed by atoms with Crippen LogP contribution in [0.3, 0.4) is 0 Å².